The molecule has 23 heavy (non-hydrogen) atoms. The van der Waals surface area contributed by atoms with Gasteiger partial charge in [-0.2, -0.15) is 0 Å². The topological polar surface area (TPSA) is 78.9 Å². The minimum absolute atomic E-state index is 0.0535. The highest BCUT2D eigenvalue weighted by molar-refractivity contribution is 5.87. The van der Waals surface area contributed by atoms with Crippen molar-refractivity contribution in [2.75, 3.05) is 13.2 Å². The van der Waals surface area contributed by atoms with Gasteiger partial charge in [0, 0.05) is 19.2 Å². The van der Waals surface area contributed by atoms with Gasteiger partial charge in [-0.05, 0) is 45.4 Å². The Balaban J connectivity index is 2.85. The van der Waals surface area contributed by atoms with Crippen LogP contribution in [-0.4, -0.2) is 52.8 Å². The molecule has 0 saturated carbocycles. The van der Waals surface area contributed by atoms with Crippen LogP contribution in [0, 0.1) is 5.41 Å². The Hall–Kier alpha value is -1.30. The van der Waals surface area contributed by atoms with Crippen molar-refractivity contribution < 1.29 is 19.4 Å². The maximum Gasteiger partial charge on any atom is 0.408 e. The number of nitrogens with zero attached hydrogens (tertiary/aromatic N) is 1. The molecule has 0 radical (unpaired) electrons. The first-order valence-electron chi connectivity index (χ1n) is 8.36. The molecule has 1 rings (SSSR count). The van der Waals surface area contributed by atoms with Crippen LogP contribution in [0.5, 0.6) is 0 Å². The Morgan fingerprint density at radius 2 is 1.87 bits per heavy atom. The van der Waals surface area contributed by atoms with Crippen molar-refractivity contribution in [2.24, 2.45) is 5.41 Å². The first-order valence-corrected chi connectivity index (χ1v) is 8.36. The average molecular weight is 328 g/mol. The fourth-order valence-corrected chi connectivity index (χ4v) is 2.81. The Labute approximate surface area is 139 Å². The molecule has 134 valence electrons. The third-order valence-electron chi connectivity index (χ3n) is 3.90. The first kappa shape index (κ1) is 19.7. The van der Waals surface area contributed by atoms with Gasteiger partial charge in [-0.25, -0.2) is 4.79 Å². The van der Waals surface area contributed by atoms with Gasteiger partial charge in [0.25, 0.3) is 0 Å². The number of carbonyl (C=O) groups is 2. The Kier molecular flexibility index (Phi) is 6.45. The van der Waals surface area contributed by atoms with Crippen LogP contribution in [0.1, 0.15) is 60.8 Å². The maximum absolute atomic E-state index is 13.0. The van der Waals surface area contributed by atoms with Crippen molar-refractivity contribution in [3.05, 3.63) is 0 Å². The van der Waals surface area contributed by atoms with E-state index in [1.165, 1.54) is 0 Å². The molecule has 6 nitrogen and oxygen atoms in total. The number of hydrogen-bond donors (Lipinski definition) is 2. The monoisotopic (exact) mass is 328 g/mol. The van der Waals surface area contributed by atoms with E-state index in [1.807, 2.05) is 20.8 Å². The summed E-state index contributed by atoms with van der Waals surface area (Å²) < 4.78 is 5.29. The number of ether oxygens (including phenoxy) is 1. The van der Waals surface area contributed by atoms with E-state index in [1.54, 1.807) is 25.7 Å². The zero-order valence-corrected chi connectivity index (χ0v) is 15.3. The SMILES string of the molecule is CC(C)(C)OC(=O)NC(C(=O)N1CCC[C@H]1CCO)C(C)(C)C. The normalized spacial score (nSPS) is 20.3. The number of nitrogens with one attached hydrogen (secondary N) is 1. The van der Waals surface area contributed by atoms with E-state index in [-0.39, 0.29) is 18.6 Å². The number of alkyl carbamates (subject to hydrolysis) is 1. The summed E-state index contributed by atoms with van der Waals surface area (Å²) in [5.41, 5.74) is -1.04. The summed E-state index contributed by atoms with van der Waals surface area (Å²) in [5, 5.41) is 11.9. The molecule has 0 aliphatic carbocycles. The van der Waals surface area contributed by atoms with Crippen molar-refractivity contribution in [3.63, 3.8) is 0 Å². The van der Waals surface area contributed by atoms with Gasteiger partial charge in [-0.3, -0.25) is 4.79 Å². The van der Waals surface area contributed by atoms with Gasteiger partial charge in [0.2, 0.25) is 5.91 Å². The van der Waals surface area contributed by atoms with Gasteiger partial charge >= 0.3 is 6.09 Å². The third kappa shape index (κ3) is 6.01. The lowest BCUT2D eigenvalue weighted by molar-refractivity contribution is -0.137. The van der Waals surface area contributed by atoms with Crippen molar-refractivity contribution >= 4 is 12.0 Å². The molecule has 6 heteroatoms. The summed E-state index contributed by atoms with van der Waals surface area (Å²) in [6, 6.07) is -0.602. The molecule has 0 bridgehead atoms. The standard InChI is InChI=1S/C17H32N2O4/c1-16(2,3)13(18-15(22)23-17(4,5)6)14(21)19-10-7-8-12(19)9-11-20/h12-13,20H,7-11H2,1-6H3,(H,18,22)/t12-,13?/m0/s1. The van der Waals surface area contributed by atoms with Crippen LogP contribution < -0.4 is 5.32 Å². The van der Waals surface area contributed by atoms with Gasteiger partial charge < -0.3 is 20.1 Å². The van der Waals surface area contributed by atoms with Crippen molar-refractivity contribution in [1.29, 1.82) is 0 Å². The quantitative estimate of drug-likeness (QED) is 0.830. The van der Waals surface area contributed by atoms with Crippen molar-refractivity contribution in [2.45, 2.75) is 78.5 Å². The number of aliphatic hydroxyl groups is 1. The Morgan fingerprint density at radius 3 is 2.35 bits per heavy atom. The number of amides is 2. The van der Waals surface area contributed by atoms with Gasteiger partial charge in [0.1, 0.15) is 11.6 Å². The lowest BCUT2D eigenvalue weighted by Crippen LogP contribution is -2.56. The highest BCUT2D eigenvalue weighted by Gasteiger charge is 2.40. The molecule has 2 amide bonds. The summed E-state index contributed by atoms with van der Waals surface area (Å²) in [6.07, 6.45) is 1.83. The van der Waals surface area contributed by atoms with Gasteiger partial charge in [0.05, 0.1) is 0 Å². The highest BCUT2D eigenvalue weighted by atomic mass is 16.6. The van der Waals surface area contributed by atoms with E-state index in [9.17, 15) is 14.7 Å². The van der Waals surface area contributed by atoms with E-state index in [2.05, 4.69) is 5.32 Å². The lowest BCUT2D eigenvalue weighted by Gasteiger charge is -2.36. The van der Waals surface area contributed by atoms with E-state index >= 15 is 0 Å². The molecule has 2 N–H and O–H groups in total. The first-order chi connectivity index (χ1) is 10.5. The largest absolute Gasteiger partial charge is 0.444 e. The summed E-state index contributed by atoms with van der Waals surface area (Å²) >= 11 is 0. The van der Waals surface area contributed by atoms with Crippen LogP contribution in [0.4, 0.5) is 4.79 Å². The maximum atomic E-state index is 13.0. The van der Waals surface area contributed by atoms with Gasteiger partial charge in [-0.15, -0.1) is 0 Å². The minimum atomic E-state index is -0.656. The average Bonchev–Trinajstić information content (AvgIpc) is 2.80. The number of rotatable bonds is 4. The fourth-order valence-electron chi connectivity index (χ4n) is 2.81. The molecule has 1 aliphatic heterocycles. The summed E-state index contributed by atoms with van der Waals surface area (Å²) in [5.74, 6) is -0.0979. The smallest absolute Gasteiger partial charge is 0.408 e. The van der Waals surface area contributed by atoms with Gasteiger partial charge in [-0.1, -0.05) is 20.8 Å². The molecule has 0 spiro atoms. The molecule has 1 heterocycles. The summed E-state index contributed by atoms with van der Waals surface area (Å²) in [7, 11) is 0. The van der Waals surface area contributed by atoms with Crippen LogP contribution in [0.25, 0.3) is 0 Å². The Morgan fingerprint density at radius 1 is 1.26 bits per heavy atom. The molecular weight excluding hydrogens is 296 g/mol. The zero-order valence-electron chi connectivity index (χ0n) is 15.3. The molecule has 2 atom stereocenters. The second-order valence-electron chi connectivity index (χ2n) is 8.29. The van der Waals surface area contributed by atoms with Crippen LogP contribution in [0.2, 0.25) is 0 Å². The van der Waals surface area contributed by atoms with Crippen molar-refractivity contribution in [1.82, 2.24) is 10.2 Å². The van der Waals surface area contributed by atoms with Crippen LogP contribution in [0.3, 0.4) is 0 Å². The molecule has 1 aliphatic rings. The van der Waals surface area contributed by atoms with Crippen molar-refractivity contribution in [3.8, 4) is 0 Å². The predicted molar refractivity (Wildman–Crippen MR) is 89.1 cm³/mol. The van der Waals surface area contributed by atoms with Crippen LogP contribution in [-0.2, 0) is 9.53 Å². The molecule has 0 aromatic heterocycles. The minimum Gasteiger partial charge on any atom is -0.444 e. The van der Waals surface area contributed by atoms with E-state index in [4.69, 9.17) is 4.74 Å². The van der Waals surface area contributed by atoms with Crippen LogP contribution >= 0.6 is 0 Å². The molecule has 1 fully saturated rings. The van der Waals surface area contributed by atoms with E-state index in [0.717, 1.165) is 12.8 Å². The van der Waals surface area contributed by atoms with Gasteiger partial charge in [0.15, 0.2) is 0 Å². The second-order valence-corrected chi connectivity index (χ2v) is 8.29. The molecule has 0 aromatic rings. The number of hydrogen-bond acceptors (Lipinski definition) is 4. The number of likely N-dealkylation sites (tertiary alicyclic amines) is 1. The molecule has 1 unspecified atom stereocenters. The highest BCUT2D eigenvalue weighted by Crippen LogP contribution is 2.27. The second kappa shape index (κ2) is 7.51. The van der Waals surface area contributed by atoms with Crippen LogP contribution in [0.15, 0.2) is 0 Å². The summed E-state index contributed by atoms with van der Waals surface area (Å²) in [4.78, 5) is 26.8. The number of aliphatic hydroxyl groups excluding tert-OH is 1. The van der Waals surface area contributed by atoms with E-state index < -0.39 is 23.2 Å². The third-order valence-corrected chi connectivity index (χ3v) is 3.90. The van der Waals surface area contributed by atoms with E-state index in [0.29, 0.717) is 13.0 Å². The predicted octanol–water partition coefficient (Wildman–Crippen LogP) is 2.30. The zero-order chi connectivity index (χ0) is 17.8. The summed E-state index contributed by atoms with van der Waals surface area (Å²) in [6.45, 7) is 11.9. The molecule has 0 aromatic carbocycles. The number of carbonyl (C=O) groups excluding carboxylic acids is 2. The molecular formula is C17H32N2O4. The Bertz CT molecular complexity index is 423. The molecule has 1 saturated heterocycles. The fraction of sp³-hybridized carbons (Fsp3) is 0.882. The lowest BCUT2D eigenvalue weighted by atomic mass is 9.85.